The number of aromatic nitrogens is 3. The van der Waals surface area contributed by atoms with Crippen molar-refractivity contribution < 1.29 is 27.5 Å². The number of alkyl halides is 3. The molecule has 0 aliphatic heterocycles. The average molecular weight is 412 g/mol. The third kappa shape index (κ3) is 3.99. The third-order valence-corrected chi connectivity index (χ3v) is 4.39. The second-order valence-electron chi connectivity index (χ2n) is 6.50. The van der Waals surface area contributed by atoms with Crippen molar-refractivity contribution in [1.29, 1.82) is 0 Å². The maximum Gasteiger partial charge on any atom is 0.416 e. The van der Waals surface area contributed by atoms with Crippen LogP contribution in [0.5, 0.6) is 0 Å². The highest BCUT2D eigenvalue weighted by Crippen LogP contribution is 2.21. The number of amides is 1. The number of aliphatic hydroxyl groups excluding tert-OH is 1. The minimum Gasteiger partial charge on any atom is -0.382 e. The molecule has 1 atom stereocenters. The monoisotopic (exact) mass is 412 g/mol. The molecule has 7 nitrogen and oxygen atoms in total. The quantitative estimate of drug-likeness (QED) is 0.572. The number of carbonyl (C=O) groups is 1. The molecule has 0 bridgehead atoms. The molecule has 0 saturated carbocycles. The fourth-order valence-corrected chi connectivity index (χ4v) is 2.73. The standard InChI is InChI=1S/C18H16F4N4O3/c1-8-3-4-10(5-11(8)19)12-7-26-15(17(29)24-12)9(2)14(25-26)16(28)23-6-13(27)18(20,21)22/h3-5,7,13,27H,6H2,1-2H3,(H,23,28)(H,24,29). The van der Waals surface area contributed by atoms with Crippen molar-refractivity contribution in [2.45, 2.75) is 26.1 Å². The largest absolute Gasteiger partial charge is 0.416 e. The van der Waals surface area contributed by atoms with Gasteiger partial charge >= 0.3 is 6.18 Å². The second-order valence-corrected chi connectivity index (χ2v) is 6.50. The summed E-state index contributed by atoms with van der Waals surface area (Å²) in [6.45, 7) is 1.94. The van der Waals surface area contributed by atoms with Gasteiger partial charge in [-0.1, -0.05) is 12.1 Å². The first kappa shape index (κ1) is 20.5. The molecule has 29 heavy (non-hydrogen) atoms. The number of benzene rings is 1. The van der Waals surface area contributed by atoms with E-state index < -0.39 is 36.1 Å². The van der Waals surface area contributed by atoms with E-state index in [0.29, 0.717) is 11.1 Å². The molecule has 1 unspecified atom stereocenters. The van der Waals surface area contributed by atoms with Crippen LogP contribution in [0, 0.1) is 19.7 Å². The summed E-state index contributed by atoms with van der Waals surface area (Å²) in [7, 11) is 0. The van der Waals surface area contributed by atoms with Crippen molar-refractivity contribution in [2.24, 2.45) is 0 Å². The van der Waals surface area contributed by atoms with E-state index in [9.17, 15) is 27.2 Å². The SMILES string of the molecule is Cc1ccc(-c2cn3nc(C(=O)NCC(O)C(F)(F)F)c(C)c3c(=O)[nH]2)cc1F. The summed E-state index contributed by atoms with van der Waals surface area (Å²) in [6.07, 6.45) is -6.23. The van der Waals surface area contributed by atoms with E-state index in [1.54, 1.807) is 13.0 Å². The number of hydrogen-bond acceptors (Lipinski definition) is 4. The Labute approximate surface area is 161 Å². The van der Waals surface area contributed by atoms with E-state index in [1.165, 1.54) is 25.3 Å². The zero-order valence-corrected chi connectivity index (χ0v) is 15.3. The van der Waals surface area contributed by atoms with Crippen molar-refractivity contribution in [1.82, 2.24) is 19.9 Å². The predicted molar refractivity (Wildman–Crippen MR) is 95.1 cm³/mol. The Morgan fingerprint density at radius 3 is 2.66 bits per heavy atom. The first-order valence-corrected chi connectivity index (χ1v) is 8.40. The van der Waals surface area contributed by atoms with E-state index in [1.807, 2.05) is 5.32 Å². The summed E-state index contributed by atoms with van der Waals surface area (Å²) in [6, 6.07) is 4.36. The van der Waals surface area contributed by atoms with Gasteiger partial charge in [-0.2, -0.15) is 18.3 Å². The summed E-state index contributed by atoms with van der Waals surface area (Å²) in [4.78, 5) is 27.2. The lowest BCUT2D eigenvalue weighted by atomic mass is 10.1. The Bertz CT molecular complexity index is 1150. The third-order valence-electron chi connectivity index (χ3n) is 4.39. The second kappa shape index (κ2) is 7.32. The highest BCUT2D eigenvalue weighted by molar-refractivity contribution is 5.95. The molecule has 154 valence electrons. The summed E-state index contributed by atoms with van der Waals surface area (Å²) >= 11 is 0. The van der Waals surface area contributed by atoms with Crippen LogP contribution in [0.15, 0.2) is 29.2 Å². The van der Waals surface area contributed by atoms with E-state index in [2.05, 4.69) is 10.1 Å². The molecule has 0 aliphatic rings. The predicted octanol–water partition coefficient (Wildman–Crippen LogP) is 2.10. The number of aromatic amines is 1. The Balaban J connectivity index is 1.96. The zero-order chi connectivity index (χ0) is 21.5. The Kier molecular flexibility index (Phi) is 5.18. The van der Waals surface area contributed by atoms with Gasteiger partial charge < -0.3 is 15.4 Å². The fraction of sp³-hybridized carbons (Fsp3) is 0.278. The maximum absolute atomic E-state index is 13.8. The normalized spacial score (nSPS) is 12.9. The number of aliphatic hydroxyl groups is 1. The average Bonchev–Trinajstić information content (AvgIpc) is 2.98. The summed E-state index contributed by atoms with van der Waals surface area (Å²) in [5, 5.41) is 14.9. The summed E-state index contributed by atoms with van der Waals surface area (Å²) < 4.78 is 52.0. The number of H-pyrrole nitrogens is 1. The highest BCUT2D eigenvalue weighted by Gasteiger charge is 2.38. The molecule has 2 heterocycles. The van der Waals surface area contributed by atoms with Crippen LogP contribution in [0.2, 0.25) is 0 Å². The number of hydrogen-bond donors (Lipinski definition) is 3. The fourth-order valence-electron chi connectivity index (χ4n) is 2.73. The minimum atomic E-state index is -4.88. The first-order valence-electron chi connectivity index (χ1n) is 8.40. The molecule has 1 amide bonds. The smallest absolute Gasteiger partial charge is 0.382 e. The van der Waals surface area contributed by atoms with Crippen LogP contribution < -0.4 is 10.9 Å². The topological polar surface area (TPSA) is 99.5 Å². The van der Waals surface area contributed by atoms with Crippen molar-refractivity contribution >= 4 is 11.4 Å². The highest BCUT2D eigenvalue weighted by atomic mass is 19.4. The molecule has 1 aromatic carbocycles. The van der Waals surface area contributed by atoms with Gasteiger partial charge in [0.05, 0.1) is 18.4 Å². The van der Waals surface area contributed by atoms with Crippen LogP contribution in [0.1, 0.15) is 21.6 Å². The molecular weight excluding hydrogens is 396 g/mol. The van der Waals surface area contributed by atoms with E-state index in [-0.39, 0.29) is 22.5 Å². The molecule has 3 aromatic rings. The summed E-state index contributed by atoms with van der Waals surface area (Å²) in [5.41, 5.74) is 0.324. The summed E-state index contributed by atoms with van der Waals surface area (Å²) in [5.74, 6) is -1.44. The van der Waals surface area contributed by atoms with Gasteiger partial charge in [-0.3, -0.25) is 9.59 Å². The van der Waals surface area contributed by atoms with E-state index in [4.69, 9.17) is 5.11 Å². The lowest BCUT2D eigenvalue weighted by Crippen LogP contribution is -2.40. The number of fused-ring (bicyclic) bond motifs is 1. The van der Waals surface area contributed by atoms with Crippen molar-refractivity contribution in [3.05, 3.63) is 57.4 Å². The first-order chi connectivity index (χ1) is 13.5. The Morgan fingerprint density at radius 2 is 2.03 bits per heavy atom. The number of carbonyl (C=O) groups excluding carboxylic acids is 1. The van der Waals surface area contributed by atoms with Crippen LogP contribution in [-0.4, -0.2) is 44.4 Å². The van der Waals surface area contributed by atoms with Crippen molar-refractivity contribution in [2.75, 3.05) is 6.54 Å². The van der Waals surface area contributed by atoms with Gasteiger partial charge in [0.15, 0.2) is 11.8 Å². The molecule has 0 aliphatic carbocycles. The Morgan fingerprint density at radius 1 is 1.34 bits per heavy atom. The molecular formula is C18H16F4N4O3. The van der Waals surface area contributed by atoms with Crippen LogP contribution in [0.25, 0.3) is 16.8 Å². The number of nitrogens with one attached hydrogen (secondary N) is 2. The van der Waals surface area contributed by atoms with E-state index in [0.717, 1.165) is 4.52 Å². The van der Waals surface area contributed by atoms with Gasteiger partial charge in [-0.25, -0.2) is 8.91 Å². The van der Waals surface area contributed by atoms with Gasteiger partial charge in [-0.15, -0.1) is 0 Å². The number of nitrogens with zero attached hydrogens (tertiary/aromatic N) is 2. The van der Waals surface area contributed by atoms with Gasteiger partial charge in [0.25, 0.3) is 11.5 Å². The number of rotatable bonds is 4. The van der Waals surface area contributed by atoms with Crippen LogP contribution >= 0.6 is 0 Å². The molecule has 0 spiro atoms. The number of halogens is 4. The van der Waals surface area contributed by atoms with Gasteiger partial charge in [0.1, 0.15) is 11.3 Å². The minimum absolute atomic E-state index is 0.0165. The van der Waals surface area contributed by atoms with Gasteiger partial charge in [0, 0.05) is 11.1 Å². The zero-order valence-electron chi connectivity index (χ0n) is 15.3. The van der Waals surface area contributed by atoms with Crippen molar-refractivity contribution in [3.63, 3.8) is 0 Å². The van der Waals surface area contributed by atoms with E-state index >= 15 is 0 Å². The molecule has 0 radical (unpaired) electrons. The van der Waals surface area contributed by atoms with Crippen LogP contribution in [0.4, 0.5) is 17.6 Å². The molecule has 3 N–H and O–H groups in total. The van der Waals surface area contributed by atoms with Crippen LogP contribution in [0.3, 0.4) is 0 Å². The molecule has 2 aromatic heterocycles. The Hall–Kier alpha value is -3.21. The molecule has 0 saturated heterocycles. The maximum atomic E-state index is 13.8. The van der Waals surface area contributed by atoms with Crippen molar-refractivity contribution in [3.8, 4) is 11.3 Å². The number of aryl methyl sites for hydroxylation is 2. The lowest BCUT2D eigenvalue weighted by molar-refractivity contribution is -0.201. The molecule has 11 heteroatoms. The molecule has 0 fully saturated rings. The lowest BCUT2D eigenvalue weighted by Gasteiger charge is -2.14. The molecule has 3 rings (SSSR count). The van der Waals surface area contributed by atoms with Gasteiger partial charge in [0.2, 0.25) is 0 Å². The van der Waals surface area contributed by atoms with Gasteiger partial charge in [-0.05, 0) is 25.5 Å². The van der Waals surface area contributed by atoms with Crippen LogP contribution in [-0.2, 0) is 0 Å².